The quantitative estimate of drug-likeness (QED) is 0.780. The molecule has 0 aromatic carbocycles. The van der Waals surface area contributed by atoms with Crippen LogP contribution in [0, 0.1) is 5.41 Å². The molecule has 0 unspecified atom stereocenters. The Morgan fingerprint density at radius 1 is 1.45 bits per heavy atom. The lowest BCUT2D eigenvalue weighted by molar-refractivity contribution is 0.0895. The van der Waals surface area contributed by atoms with Gasteiger partial charge in [-0.1, -0.05) is 24.7 Å². The summed E-state index contributed by atoms with van der Waals surface area (Å²) >= 11 is 1.36. The molecule has 6 heteroatoms. The Labute approximate surface area is 123 Å². The van der Waals surface area contributed by atoms with Crippen LogP contribution >= 0.6 is 11.3 Å². The van der Waals surface area contributed by atoms with E-state index in [-0.39, 0.29) is 11.3 Å². The van der Waals surface area contributed by atoms with Crippen molar-refractivity contribution in [2.75, 3.05) is 17.6 Å². The second-order valence-electron chi connectivity index (χ2n) is 6.35. The SMILES string of the molecule is CC1(CNC(=O)c2sc(NC3CCC3)nc2N)CCC1. The monoisotopic (exact) mass is 294 g/mol. The highest BCUT2D eigenvalue weighted by Crippen LogP contribution is 2.39. The van der Waals surface area contributed by atoms with Crippen molar-refractivity contribution in [2.45, 2.75) is 51.5 Å². The Hall–Kier alpha value is -1.30. The summed E-state index contributed by atoms with van der Waals surface area (Å²) in [6.45, 7) is 2.95. The van der Waals surface area contributed by atoms with Crippen LogP contribution < -0.4 is 16.4 Å². The van der Waals surface area contributed by atoms with Crippen molar-refractivity contribution in [3.05, 3.63) is 4.88 Å². The van der Waals surface area contributed by atoms with E-state index in [1.807, 2.05) is 0 Å². The number of amides is 1. The zero-order chi connectivity index (χ0) is 14.2. The molecule has 4 N–H and O–H groups in total. The van der Waals surface area contributed by atoms with Gasteiger partial charge in [0.05, 0.1) is 0 Å². The van der Waals surface area contributed by atoms with E-state index < -0.39 is 0 Å². The van der Waals surface area contributed by atoms with Crippen molar-refractivity contribution in [1.82, 2.24) is 10.3 Å². The van der Waals surface area contributed by atoms with Crippen LogP contribution in [0.15, 0.2) is 0 Å². The molecule has 0 saturated heterocycles. The van der Waals surface area contributed by atoms with Crippen LogP contribution in [-0.4, -0.2) is 23.5 Å². The third-order valence-electron chi connectivity index (χ3n) is 4.53. The normalized spacial score (nSPS) is 20.9. The molecular weight excluding hydrogens is 272 g/mol. The predicted octanol–water partition coefficient (Wildman–Crippen LogP) is 2.61. The highest BCUT2D eigenvalue weighted by molar-refractivity contribution is 7.18. The minimum absolute atomic E-state index is 0.0882. The molecule has 2 saturated carbocycles. The number of hydrogen-bond acceptors (Lipinski definition) is 5. The summed E-state index contributed by atoms with van der Waals surface area (Å²) in [7, 11) is 0. The van der Waals surface area contributed by atoms with Crippen molar-refractivity contribution >= 4 is 28.2 Å². The lowest BCUT2D eigenvalue weighted by atomic mass is 9.70. The first-order chi connectivity index (χ1) is 9.56. The maximum atomic E-state index is 12.2. The highest BCUT2D eigenvalue weighted by atomic mass is 32.1. The van der Waals surface area contributed by atoms with Gasteiger partial charge in [-0.05, 0) is 37.5 Å². The van der Waals surface area contributed by atoms with Gasteiger partial charge in [-0.15, -0.1) is 0 Å². The fourth-order valence-corrected chi connectivity index (χ4v) is 3.49. The molecule has 1 amide bonds. The van der Waals surface area contributed by atoms with Crippen LogP contribution in [0.4, 0.5) is 10.9 Å². The lowest BCUT2D eigenvalue weighted by Gasteiger charge is -2.38. The minimum atomic E-state index is -0.0882. The Morgan fingerprint density at radius 3 is 2.75 bits per heavy atom. The number of nitrogens with one attached hydrogen (secondary N) is 2. The Morgan fingerprint density at radius 2 is 2.20 bits per heavy atom. The second-order valence-corrected chi connectivity index (χ2v) is 7.35. The van der Waals surface area contributed by atoms with Gasteiger partial charge >= 0.3 is 0 Å². The van der Waals surface area contributed by atoms with Crippen molar-refractivity contribution in [3.63, 3.8) is 0 Å². The van der Waals surface area contributed by atoms with Crippen LogP contribution in [0.2, 0.25) is 0 Å². The molecule has 2 aliphatic rings. The third kappa shape index (κ3) is 2.75. The molecule has 0 radical (unpaired) electrons. The number of nitrogens with two attached hydrogens (primary N) is 1. The second kappa shape index (κ2) is 5.24. The third-order valence-corrected chi connectivity index (χ3v) is 5.53. The van der Waals surface area contributed by atoms with Gasteiger partial charge in [0.2, 0.25) is 0 Å². The van der Waals surface area contributed by atoms with E-state index in [1.54, 1.807) is 0 Å². The number of carbonyl (C=O) groups is 1. The highest BCUT2D eigenvalue weighted by Gasteiger charge is 2.32. The van der Waals surface area contributed by atoms with Crippen LogP contribution in [-0.2, 0) is 0 Å². The van der Waals surface area contributed by atoms with Gasteiger partial charge in [0, 0.05) is 12.6 Å². The fourth-order valence-electron chi connectivity index (χ4n) is 2.61. The van der Waals surface area contributed by atoms with Gasteiger partial charge < -0.3 is 16.4 Å². The number of carbonyl (C=O) groups excluding carboxylic acids is 1. The van der Waals surface area contributed by atoms with E-state index >= 15 is 0 Å². The Balaban J connectivity index is 1.58. The van der Waals surface area contributed by atoms with E-state index in [2.05, 4.69) is 22.5 Å². The average Bonchev–Trinajstić information content (AvgIpc) is 2.70. The van der Waals surface area contributed by atoms with Crippen LogP contribution in [0.1, 0.15) is 55.1 Å². The number of thiazole rings is 1. The van der Waals surface area contributed by atoms with Crippen molar-refractivity contribution in [1.29, 1.82) is 0 Å². The standard InChI is InChI=1S/C14H22N4OS/c1-14(6-3-7-14)8-16-12(19)10-11(15)18-13(20-10)17-9-4-2-5-9/h9H,2-8,15H2,1H3,(H,16,19)(H,17,18). The maximum absolute atomic E-state index is 12.2. The van der Waals surface area contributed by atoms with Gasteiger partial charge in [0.1, 0.15) is 10.7 Å². The van der Waals surface area contributed by atoms with Gasteiger partial charge in [-0.25, -0.2) is 4.98 Å². The molecule has 2 aliphatic carbocycles. The summed E-state index contributed by atoms with van der Waals surface area (Å²) in [4.78, 5) is 17.0. The summed E-state index contributed by atoms with van der Waals surface area (Å²) in [6.07, 6.45) is 7.29. The molecule has 0 aliphatic heterocycles. The molecule has 20 heavy (non-hydrogen) atoms. The molecule has 0 spiro atoms. The molecule has 0 atom stereocenters. The minimum Gasteiger partial charge on any atom is -0.382 e. The average molecular weight is 294 g/mol. The number of hydrogen-bond donors (Lipinski definition) is 3. The van der Waals surface area contributed by atoms with Gasteiger partial charge in [-0.2, -0.15) is 0 Å². The summed E-state index contributed by atoms with van der Waals surface area (Å²) in [5.74, 6) is 0.253. The number of aromatic nitrogens is 1. The number of anilines is 2. The van der Waals surface area contributed by atoms with Gasteiger partial charge in [0.15, 0.2) is 5.13 Å². The molecule has 110 valence electrons. The summed E-state index contributed by atoms with van der Waals surface area (Å²) < 4.78 is 0. The van der Waals surface area contributed by atoms with Crippen LogP contribution in [0.3, 0.4) is 0 Å². The zero-order valence-electron chi connectivity index (χ0n) is 11.9. The molecule has 1 heterocycles. The first-order valence-electron chi connectivity index (χ1n) is 7.37. The van der Waals surface area contributed by atoms with Crippen molar-refractivity contribution in [2.24, 2.45) is 5.41 Å². The Bertz CT molecular complexity index is 505. The van der Waals surface area contributed by atoms with E-state index in [0.29, 0.717) is 16.7 Å². The smallest absolute Gasteiger partial charge is 0.265 e. The summed E-state index contributed by atoms with van der Waals surface area (Å²) in [6, 6.07) is 0.505. The molecule has 2 fully saturated rings. The maximum Gasteiger partial charge on any atom is 0.265 e. The van der Waals surface area contributed by atoms with E-state index in [4.69, 9.17) is 5.73 Å². The molecule has 1 aromatic heterocycles. The number of rotatable bonds is 5. The predicted molar refractivity (Wildman–Crippen MR) is 82.1 cm³/mol. The topological polar surface area (TPSA) is 80.0 Å². The molecule has 5 nitrogen and oxygen atoms in total. The van der Waals surface area contributed by atoms with E-state index in [1.165, 1.54) is 49.9 Å². The lowest BCUT2D eigenvalue weighted by Crippen LogP contribution is -2.39. The van der Waals surface area contributed by atoms with E-state index in [0.717, 1.165) is 11.7 Å². The first kappa shape index (κ1) is 13.7. The van der Waals surface area contributed by atoms with Crippen molar-refractivity contribution < 1.29 is 4.79 Å². The van der Waals surface area contributed by atoms with Crippen LogP contribution in [0.5, 0.6) is 0 Å². The van der Waals surface area contributed by atoms with Crippen molar-refractivity contribution in [3.8, 4) is 0 Å². The number of nitrogen functional groups attached to an aromatic ring is 1. The number of nitrogens with zero attached hydrogens (tertiary/aromatic N) is 1. The molecule has 3 rings (SSSR count). The molecule has 1 aromatic rings. The first-order valence-corrected chi connectivity index (χ1v) is 8.18. The Kier molecular flexibility index (Phi) is 3.58. The molecule has 0 bridgehead atoms. The largest absolute Gasteiger partial charge is 0.382 e. The summed E-state index contributed by atoms with van der Waals surface area (Å²) in [5.41, 5.74) is 6.14. The molecular formula is C14H22N4OS. The summed E-state index contributed by atoms with van der Waals surface area (Å²) in [5, 5.41) is 7.11. The van der Waals surface area contributed by atoms with E-state index in [9.17, 15) is 4.79 Å². The van der Waals surface area contributed by atoms with Crippen LogP contribution in [0.25, 0.3) is 0 Å². The van der Waals surface area contributed by atoms with Gasteiger partial charge in [-0.3, -0.25) is 4.79 Å². The zero-order valence-corrected chi connectivity index (χ0v) is 12.7. The van der Waals surface area contributed by atoms with Gasteiger partial charge in [0.25, 0.3) is 5.91 Å². The fraction of sp³-hybridized carbons (Fsp3) is 0.714.